The van der Waals surface area contributed by atoms with Crippen molar-refractivity contribution in [3.8, 4) is 5.75 Å². The number of benzene rings is 2. The van der Waals surface area contributed by atoms with Crippen LogP contribution in [0.1, 0.15) is 40.7 Å². The lowest BCUT2D eigenvalue weighted by Crippen LogP contribution is -2.53. The number of ether oxygens (including phenoxy) is 2. The number of carbonyl (C=O) groups excluding carboxylic acids is 1. The van der Waals surface area contributed by atoms with Crippen LogP contribution in [0.25, 0.3) is 10.9 Å². The number of amides is 1. The van der Waals surface area contributed by atoms with E-state index < -0.39 is 5.54 Å². The molecule has 185 valence electrons. The third kappa shape index (κ3) is 4.49. The molecular formula is C28H31N4O3Si. The molecule has 0 unspecified atom stereocenters. The fourth-order valence-electron chi connectivity index (χ4n) is 5.16. The summed E-state index contributed by atoms with van der Waals surface area (Å²) in [5.41, 5.74) is 4.29. The van der Waals surface area contributed by atoms with Crippen molar-refractivity contribution >= 4 is 32.7 Å². The second-order valence-corrected chi connectivity index (χ2v) is 10.6. The quantitative estimate of drug-likeness (QED) is 0.487. The zero-order valence-electron chi connectivity index (χ0n) is 20.5. The van der Waals surface area contributed by atoms with Crippen molar-refractivity contribution in [1.82, 2.24) is 15.6 Å². The second-order valence-electron chi connectivity index (χ2n) is 10.1. The molecule has 3 aliphatic rings. The van der Waals surface area contributed by atoms with Gasteiger partial charge >= 0.3 is 0 Å². The number of pyridine rings is 1. The summed E-state index contributed by atoms with van der Waals surface area (Å²) < 4.78 is 11.6. The van der Waals surface area contributed by atoms with Gasteiger partial charge in [0.05, 0.1) is 40.2 Å². The highest BCUT2D eigenvalue weighted by molar-refractivity contribution is 6.11. The number of nitrogens with zero attached hydrogens (tertiary/aromatic N) is 2. The van der Waals surface area contributed by atoms with E-state index in [1.54, 1.807) is 0 Å². The number of hydrogen-bond acceptors (Lipinski definition) is 6. The molecule has 1 amide bonds. The summed E-state index contributed by atoms with van der Waals surface area (Å²) >= 11 is 0. The normalized spacial score (nSPS) is 21.5. The SMILES string of the molecule is Cc1ccc(O[C@@H]([Si])[C@@H]2CCN2)cc1C(=O)NC1(c2cc(N3CCOCC3)cc3ncccc23)CC1. The molecule has 2 aromatic carbocycles. The number of aryl methyl sites for hydroxylation is 1. The number of anilines is 1. The molecule has 2 N–H and O–H groups in total. The Labute approximate surface area is 215 Å². The van der Waals surface area contributed by atoms with Gasteiger partial charge < -0.3 is 25.0 Å². The van der Waals surface area contributed by atoms with Crippen LogP contribution in [0.15, 0.2) is 48.7 Å². The minimum absolute atomic E-state index is 0.0726. The predicted molar refractivity (Wildman–Crippen MR) is 141 cm³/mol. The maximum Gasteiger partial charge on any atom is 0.252 e. The van der Waals surface area contributed by atoms with Gasteiger partial charge in [-0.15, -0.1) is 0 Å². The van der Waals surface area contributed by atoms with E-state index in [0.29, 0.717) is 11.3 Å². The summed E-state index contributed by atoms with van der Waals surface area (Å²) in [6.45, 7) is 6.13. The fourth-order valence-corrected chi connectivity index (χ4v) is 5.58. The zero-order valence-corrected chi connectivity index (χ0v) is 21.5. The van der Waals surface area contributed by atoms with Gasteiger partial charge in [0.25, 0.3) is 5.91 Å². The highest BCUT2D eigenvalue weighted by Crippen LogP contribution is 2.49. The maximum absolute atomic E-state index is 13.6. The van der Waals surface area contributed by atoms with Gasteiger partial charge in [0, 0.05) is 42.0 Å². The highest BCUT2D eigenvalue weighted by atomic mass is 28.1. The van der Waals surface area contributed by atoms with Crippen LogP contribution in [-0.4, -0.2) is 65.8 Å². The standard InChI is InChI=1S/C28H31N4O3Si/c1-18-4-5-20(35-27(36)24-6-10-30-24)17-22(18)26(33)31-28(7-8-28)23-15-19(32-11-13-34-14-12-32)16-25-21(23)3-2-9-29-25/h2-5,9,15-17,24,27,30H,6-8,10-14H2,1H3,(H,31,33)/t24-,27-/m0/s1. The second kappa shape index (κ2) is 9.50. The van der Waals surface area contributed by atoms with Crippen LogP contribution in [0, 0.1) is 6.92 Å². The molecule has 36 heavy (non-hydrogen) atoms. The largest absolute Gasteiger partial charge is 0.493 e. The molecule has 0 bridgehead atoms. The number of nitrogens with one attached hydrogen (secondary N) is 2. The predicted octanol–water partition coefficient (Wildman–Crippen LogP) is 3.03. The molecule has 3 radical (unpaired) electrons. The van der Waals surface area contributed by atoms with Crippen LogP contribution in [0.5, 0.6) is 5.75 Å². The molecule has 3 aromatic rings. The van der Waals surface area contributed by atoms with Crippen molar-refractivity contribution in [2.45, 2.75) is 43.5 Å². The van der Waals surface area contributed by atoms with E-state index in [1.165, 1.54) is 0 Å². The van der Waals surface area contributed by atoms with Gasteiger partial charge in [0.2, 0.25) is 0 Å². The molecule has 3 fully saturated rings. The van der Waals surface area contributed by atoms with Gasteiger partial charge in [-0.3, -0.25) is 9.78 Å². The van der Waals surface area contributed by atoms with Gasteiger partial charge in [-0.2, -0.15) is 0 Å². The highest BCUT2D eigenvalue weighted by Gasteiger charge is 2.47. The van der Waals surface area contributed by atoms with E-state index in [9.17, 15) is 4.79 Å². The molecule has 8 heteroatoms. The summed E-state index contributed by atoms with van der Waals surface area (Å²) in [5, 5.41) is 7.84. The molecule has 6 rings (SSSR count). The van der Waals surface area contributed by atoms with Crippen LogP contribution in [0.3, 0.4) is 0 Å². The first kappa shape index (κ1) is 23.5. The van der Waals surface area contributed by atoms with E-state index >= 15 is 0 Å². The molecule has 2 saturated heterocycles. The lowest BCUT2D eigenvalue weighted by Gasteiger charge is -2.33. The topological polar surface area (TPSA) is 75.7 Å². The Hall–Kier alpha value is -2.94. The zero-order chi connectivity index (χ0) is 24.7. The third-order valence-electron chi connectivity index (χ3n) is 7.64. The number of carbonyl (C=O) groups is 1. The lowest BCUT2D eigenvalue weighted by atomic mass is 9.97. The van der Waals surface area contributed by atoms with Crippen LogP contribution >= 0.6 is 0 Å². The first-order chi connectivity index (χ1) is 17.5. The lowest BCUT2D eigenvalue weighted by molar-refractivity contribution is 0.0929. The van der Waals surface area contributed by atoms with Gasteiger partial charge in [0.15, 0.2) is 0 Å². The first-order valence-electron chi connectivity index (χ1n) is 12.8. The summed E-state index contributed by atoms with van der Waals surface area (Å²) in [4.78, 5) is 20.6. The average Bonchev–Trinajstić information content (AvgIpc) is 3.64. The van der Waals surface area contributed by atoms with E-state index in [4.69, 9.17) is 9.47 Å². The van der Waals surface area contributed by atoms with Crippen molar-refractivity contribution in [2.24, 2.45) is 0 Å². The van der Waals surface area contributed by atoms with Crippen molar-refractivity contribution in [3.05, 3.63) is 65.4 Å². The molecule has 1 aromatic heterocycles. The molecular weight excluding hydrogens is 468 g/mol. The van der Waals surface area contributed by atoms with E-state index in [2.05, 4.69) is 49.0 Å². The van der Waals surface area contributed by atoms with Gasteiger partial charge in [0.1, 0.15) is 5.75 Å². The number of aromatic nitrogens is 1. The Morgan fingerprint density at radius 3 is 2.78 bits per heavy atom. The van der Waals surface area contributed by atoms with Crippen LogP contribution in [-0.2, 0) is 10.3 Å². The Kier molecular flexibility index (Phi) is 6.19. The molecule has 7 nitrogen and oxygen atoms in total. The monoisotopic (exact) mass is 499 g/mol. The van der Waals surface area contributed by atoms with Crippen LogP contribution < -0.4 is 20.3 Å². The molecule has 1 saturated carbocycles. The summed E-state index contributed by atoms with van der Waals surface area (Å²) in [7, 11) is 3.68. The van der Waals surface area contributed by atoms with Crippen molar-refractivity contribution in [1.29, 1.82) is 0 Å². The molecule has 3 heterocycles. The Balaban J connectivity index is 1.29. The van der Waals surface area contributed by atoms with Crippen molar-refractivity contribution in [3.63, 3.8) is 0 Å². The first-order valence-corrected chi connectivity index (χ1v) is 13.4. The summed E-state index contributed by atoms with van der Waals surface area (Å²) in [6.07, 6.45) is 4.71. The van der Waals surface area contributed by atoms with Gasteiger partial charge in [-0.05, 0) is 74.2 Å². The van der Waals surface area contributed by atoms with Crippen molar-refractivity contribution < 1.29 is 14.3 Å². The van der Waals surface area contributed by atoms with Crippen molar-refractivity contribution in [2.75, 3.05) is 37.7 Å². The number of fused-ring (bicyclic) bond motifs is 1. The molecule has 2 atom stereocenters. The molecule has 1 aliphatic carbocycles. The van der Waals surface area contributed by atoms with Crippen LogP contribution in [0.2, 0.25) is 0 Å². The molecule has 0 spiro atoms. The minimum Gasteiger partial charge on any atom is -0.493 e. The third-order valence-corrected chi connectivity index (χ3v) is 8.16. The van der Waals surface area contributed by atoms with Gasteiger partial charge in [-0.1, -0.05) is 12.1 Å². The van der Waals surface area contributed by atoms with Crippen LogP contribution in [0.4, 0.5) is 5.69 Å². The maximum atomic E-state index is 13.6. The van der Waals surface area contributed by atoms with E-state index in [-0.39, 0.29) is 17.7 Å². The average molecular weight is 500 g/mol. The number of morpholine rings is 1. The Bertz CT molecular complexity index is 1290. The minimum atomic E-state index is -0.391. The smallest absolute Gasteiger partial charge is 0.252 e. The Morgan fingerprint density at radius 1 is 1.25 bits per heavy atom. The Morgan fingerprint density at radius 2 is 2.06 bits per heavy atom. The number of hydrogen-bond donors (Lipinski definition) is 2. The molecule has 2 aliphatic heterocycles. The van der Waals surface area contributed by atoms with E-state index in [0.717, 1.165) is 79.8 Å². The van der Waals surface area contributed by atoms with Gasteiger partial charge in [-0.25, -0.2) is 0 Å². The fraction of sp³-hybridized carbons (Fsp3) is 0.429. The summed E-state index contributed by atoms with van der Waals surface area (Å²) in [5.74, 6) is 0.616. The summed E-state index contributed by atoms with van der Waals surface area (Å²) in [6, 6.07) is 14.5. The number of rotatable bonds is 7. The van der Waals surface area contributed by atoms with E-state index in [1.807, 2.05) is 37.4 Å².